The summed E-state index contributed by atoms with van der Waals surface area (Å²) in [5.74, 6) is 10.4. The highest BCUT2D eigenvalue weighted by Gasteiger charge is 2.21. The molecule has 4 amide bonds. The van der Waals surface area contributed by atoms with Gasteiger partial charge in [-0.25, -0.2) is 21.3 Å². The summed E-state index contributed by atoms with van der Waals surface area (Å²) in [6.45, 7) is 7.35. The fourth-order valence-electron chi connectivity index (χ4n) is 1.97. The van der Waals surface area contributed by atoms with E-state index in [1.165, 1.54) is 0 Å². The zero-order valence-corrected chi connectivity index (χ0v) is 11.9. The van der Waals surface area contributed by atoms with E-state index in [0.29, 0.717) is 19.0 Å². The maximum absolute atomic E-state index is 11.0. The molecule has 19 heavy (non-hydrogen) atoms. The van der Waals surface area contributed by atoms with Gasteiger partial charge in [0.1, 0.15) is 0 Å². The minimum absolute atomic E-state index is 0.0396. The number of carbonyl (C=O) groups is 2. The van der Waals surface area contributed by atoms with Crippen LogP contribution >= 0.6 is 0 Å². The lowest BCUT2D eigenvalue weighted by atomic mass is 9.82. The van der Waals surface area contributed by atoms with Gasteiger partial charge in [-0.05, 0) is 24.2 Å². The molecule has 8 heteroatoms. The molecule has 8 N–H and O–H groups in total. The third-order valence-electron chi connectivity index (χ3n) is 2.81. The highest BCUT2D eigenvalue weighted by molar-refractivity contribution is 5.73. The van der Waals surface area contributed by atoms with E-state index in [1.54, 1.807) is 0 Å². The van der Waals surface area contributed by atoms with Crippen molar-refractivity contribution in [3.63, 3.8) is 0 Å². The van der Waals surface area contributed by atoms with Crippen LogP contribution in [0, 0.1) is 11.3 Å². The van der Waals surface area contributed by atoms with Crippen molar-refractivity contribution >= 4 is 12.1 Å². The van der Waals surface area contributed by atoms with Crippen molar-refractivity contribution in [3.8, 4) is 0 Å². The molecule has 0 fully saturated rings. The van der Waals surface area contributed by atoms with Gasteiger partial charge in [0.15, 0.2) is 0 Å². The number of rotatable bonds is 7. The summed E-state index contributed by atoms with van der Waals surface area (Å²) >= 11 is 0. The van der Waals surface area contributed by atoms with Crippen molar-refractivity contribution in [2.24, 2.45) is 23.0 Å². The molecule has 0 aromatic rings. The van der Waals surface area contributed by atoms with E-state index in [-0.39, 0.29) is 17.5 Å². The maximum Gasteiger partial charge on any atom is 0.328 e. The Kier molecular flexibility index (Phi) is 7.85. The molecule has 0 saturated carbocycles. The van der Waals surface area contributed by atoms with E-state index >= 15 is 0 Å². The van der Waals surface area contributed by atoms with E-state index in [9.17, 15) is 9.59 Å². The van der Waals surface area contributed by atoms with Crippen LogP contribution in [0.4, 0.5) is 9.59 Å². The second kappa shape index (κ2) is 8.54. The number of hydrogen-bond donors (Lipinski definition) is 6. The molecule has 0 aliphatic carbocycles. The lowest BCUT2D eigenvalue weighted by Gasteiger charge is -2.28. The minimum Gasteiger partial charge on any atom is -0.337 e. The van der Waals surface area contributed by atoms with Crippen molar-refractivity contribution in [2.45, 2.75) is 33.6 Å². The van der Waals surface area contributed by atoms with Gasteiger partial charge in [0.25, 0.3) is 0 Å². The molecule has 1 unspecified atom stereocenters. The molecule has 112 valence electrons. The number of nitrogens with two attached hydrogens (primary N) is 2. The predicted octanol–water partition coefficient (Wildman–Crippen LogP) is -0.225. The molecule has 0 saturated heterocycles. The largest absolute Gasteiger partial charge is 0.337 e. The Labute approximate surface area is 114 Å². The van der Waals surface area contributed by atoms with Gasteiger partial charge < -0.3 is 10.6 Å². The Morgan fingerprint density at radius 2 is 1.63 bits per heavy atom. The highest BCUT2D eigenvalue weighted by atomic mass is 16.2. The Morgan fingerprint density at radius 1 is 1.11 bits per heavy atom. The van der Waals surface area contributed by atoms with Crippen LogP contribution in [0.5, 0.6) is 0 Å². The van der Waals surface area contributed by atoms with Crippen molar-refractivity contribution in [1.29, 1.82) is 0 Å². The van der Waals surface area contributed by atoms with Gasteiger partial charge in [-0.3, -0.25) is 10.9 Å². The predicted molar refractivity (Wildman–Crippen MR) is 73.6 cm³/mol. The molecule has 0 spiro atoms. The highest BCUT2D eigenvalue weighted by Crippen LogP contribution is 2.25. The molecule has 8 nitrogen and oxygen atoms in total. The van der Waals surface area contributed by atoms with E-state index in [2.05, 4.69) is 31.4 Å². The normalized spacial score (nSPS) is 12.5. The molecule has 0 rings (SSSR count). The molecule has 0 radical (unpaired) electrons. The number of amides is 4. The number of carbonyl (C=O) groups excluding carboxylic acids is 2. The number of hydrazine groups is 2. The van der Waals surface area contributed by atoms with Gasteiger partial charge >= 0.3 is 12.1 Å². The second-order valence-corrected chi connectivity index (χ2v) is 5.49. The van der Waals surface area contributed by atoms with Gasteiger partial charge in [-0.1, -0.05) is 20.8 Å². The zero-order chi connectivity index (χ0) is 14.9. The smallest absolute Gasteiger partial charge is 0.328 e. The van der Waals surface area contributed by atoms with Crippen molar-refractivity contribution in [1.82, 2.24) is 21.5 Å². The van der Waals surface area contributed by atoms with Crippen molar-refractivity contribution in [2.75, 3.05) is 13.1 Å². The quantitative estimate of drug-likeness (QED) is 0.217. The molecular formula is C11H26N6O2. The molecule has 0 aromatic heterocycles. The topological polar surface area (TPSA) is 134 Å². The van der Waals surface area contributed by atoms with E-state index in [1.807, 2.05) is 10.9 Å². The Hall–Kier alpha value is -1.54. The summed E-state index contributed by atoms with van der Waals surface area (Å²) in [6.07, 6.45) is 1.77. The minimum atomic E-state index is -0.387. The first-order chi connectivity index (χ1) is 8.80. The zero-order valence-electron chi connectivity index (χ0n) is 11.9. The Balaban J connectivity index is 3.91. The average Bonchev–Trinajstić information content (AvgIpc) is 2.35. The van der Waals surface area contributed by atoms with Gasteiger partial charge in [0.05, 0.1) is 0 Å². The lowest BCUT2D eigenvalue weighted by Crippen LogP contribution is -2.44. The second-order valence-electron chi connectivity index (χ2n) is 5.49. The first kappa shape index (κ1) is 17.5. The molecule has 0 aromatic carbocycles. The van der Waals surface area contributed by atoms with Gasteiger partial charge in [-0.15, -0.1) is 0 Å². The van der Waals surface area contributed by atoms with Crippen LogP contribution in [0.25, 0.3) is 0 Å². The van der Waals surface area contributed by atoms with Crippen LogP contribution < -0.4 is 33.2 Å². The summed E-state index contributed by atoms with van der Waals surface area (Å²) in [6, 6.07) is -0.769. The van der Waals surface area contributed by atoms with Crippen LogP contribution in [0.15, 0.2) is 0 Å². The van der Waals surface area contributed by atoms with E-state index in [4.69, 9.17) is 11.7 Å². The summed E-state index contributed by atoms with van der Waals surface area (Å²) in [7, 11) is 0. The monoisotopic (exact) mass is 274 g/mol. The van der Waals surface area contributed by atoms with Gasteiger partial charge in [0.2, 0.25) is 0 Å². The standard InChI is InChI=1S/C11H26N6O2/c1-8(4-5-14-9(18)16-12)6-11(2,3)7-15-10(19)17-13/h8H,4-7,12-13H2,1-3H3,(H2,14,16,18)(H2,15,17,19). The molecule has 0 heterocycles. The lowest BCUT2D eigenvalue weighted by molar-refractivity contribution is 0.222. The fourth-order valence-corrected chi connectivity index (χ4v) is 1.97. The average molecular weight is 274 g/mol. The first-order valence-electron chi connectivity index (χ1n) is 6.29. The summed E-state index contributed by atoms with van der Waals surface area (Å²) in [5, 5.41) is 5.33. The maximum atomic E-state index is 11.0. The summed E-state index contributed by atoms with van der Waals surface area (Å²) < 4.78 is 0. The first-order valence-corrected chi connectivity index (χ1v) is 6.29. The van der Waals surface area contributed by atoms with Crippen molar-refractivity contribution < 1.29 is 9.59 Å². The number of hydrogen-bond acceptors (Lipinski definition) is 4. The van der Waals surface area contributed by atoms with E-state index < -0.39 is 0 Å². The molecule has 0 bridgehead atoms. The SMILES string of the molecule is CC(CCNC(=O)NN)CC(C)(C)CNC(=O)NN. The van der Waals surface area contributed by atoms with Gasteiger partial charge in [0, 0.05) is 13.1 Å². The third-order valence-corrected chi connectivity index (χ3v) is 2.81. The molecular weight excluding hydrogens is 248 g/mol. The van der Waals surface area contributed by atoms with Crippen LogP contribution in [-0.2, 0) is 0 Å². The molecule has 0 aliphatic rings. The Bertz CT molecular complexity index is 295. The third kappa shape index (κ3) is 9.09. The van der Waals surface area contributed by atoms with Crippen LogP contribution in [0.3, 0.4) is 0 Å². The summed E-state index contributed by atoms with van der Waals surface area (Å²) in [4.78, 5) is 21.9. The van der Waals surface area contributed by atoms with Crippen LogP contribution in [-0.4, -0.2) is 25.2 Å². The number of nitrogens with one attached hydrogen (secondary N) is 4. The van der Waals surface area contributed by atoms with Crippen LogP contribution in [0.2, 0.25) is 0 Å². The number of urea groups is 2. The molecule has 1 atom stereocenters. The van der Waals surface area contributed by atoms with E-state index in [0.717, 1.165) is 12.8 Å². The van der Waals surface area contributed by atoms with Crippen molar-refractivity contribution in [3.05, 3.63) is 0 Å². The van der Waals surface area contributed by atoms with Gasteiger partial charge in [-0.2, -0.15) is 0 Å². The molecule has 0 aliphatic heterocycles. The Morgan fingerprint density at radius 3 is 2.16 bits per heavy atom. The summed E-state index contributed by atoms with van der Waals surface area (Å²) in [5.41, 5.74) is 4.00. The van der Waals surface area contributed by atoms with Crippen LogP contribution in [0.1, 0.15) is 33.6 Å². The fraction of sp³-hybridized carbons (Fsp3) is 0.818.